The van der Waals surface area contributed by atoms with Gasteiger partial charge in [-0.2, -0.15) is 0 Å². The highest BCUT2D eigenvalue weighted by molar-refractivity contribution is 9.09. The van der Waals surface area contributed by atoms with E-state index in [1.807, 2.05) is 0 Å². The second-order valence-electron chi connectivity index (χ2n) is 4.51. The van der Waals surface area contributed by atoms with Gasteiger partial charge in [0.1, 0.15) is 0 Å². The Labute approximate surface area is 121 Å². The van der Waals surface area contributed by atoms with Gasteiger partial charge in [-0.3, -0.25) is 0 Å². The van der Waals surface area contributed by atoms with Gasteiger partial charge in [0.2, 0.25) is 0 Å². The summed E-state index contributed by atoms with van der Waals surface area (Å²) < 4.78 is 5.15. The van der Waals surface area contributed by atoms with Crippen LogP contribution < -0.4 is 0 Å². The molecule has 0 fully saturated rings. The van der Waals surface area contributed by atoms with E-state index >= 15 is 0 Å². The van der Waals surface area contributed by atoms with Crippen molar-refractivity contribution in [1.29, 1.82) is 0 Å². The lowest BCUT2D eigenvalue weighted by atomic mass is 9.80. The minimum atomic E-state index is 0.173. The highest BCUT2D eigenvalue weighted by Gasteiger charge is 2.29. The molecule has 0 radical (unpaired) electrons. The van der Waals surface area contributed by atoms with Crippen molar-refractivity contribution >= 4 is 31.9 Å². The number of hydrogen-bond donors (Lipinski definition) is 0. The fourth-order valence-corrected chi connectivity index (χ4v) is 4.07. The third kappa shape index (κ3) is 4.08. The van der Waals surface area contributed by atoms with Crippen molar-refractivity contribution in [2.75, 3.05) is 24.4 Å². The maximum Gasteiger partial charge on any atom is 0.0462 e. The van der Waals surface area contributed by atoms with Gasteiger partial charge < -0.3 is 4.74 Å². The molecule has 0 amide bonds. The number of alkyl halides is 2. The van der Waals surface area contributed by atoms with Crippen molar-refractivity contribution in [1.82, 2.24) is 0 Å². The molecular formula is C14H20Br2O. The predicted octanol–water partition coefficient (Wildman–Crippen LogP) is 4.45. The molecule has 1 aromatic rings. The fourth-order valence-electron chi connectivity index (χ4n) is 1.93. The molecule has 1 nitrogen and oxygen atoms in total. The predicted molar refractivity (Wildman–Crippen MR) is 81.6 cm³/mol. The van der Waals surface area contributed by atoms with Crippen LogP contribution in [0.15, 0.2) is 24.3 Å². The van der Waals surface area contributed by atoms with E-state index in [2.05, 4.69) is 63.0 Å². The van der Waals surface area contributed by atoms with E-state index in [1.54, 1.807) is 7.11 Å². The molecule has 0 saturated carbocycles. The van der Waals surface area contributed by atoms with E-state index in [0.29, 0.717) is 0 Å². The summed E-state index contributed by atoms with van der Waals surface area (Å²) in [6.45, 7) is 2.95. The molecule has 0 aromatic heterocycles. The van der Waals surface area contributed by atoms with Crippen LogP contribution in [-0.4, -0.2) is 24.4 Å². The van der Waals surface area contributed by atoms with Gasteiger partial charge in [0.15, 0.2) is 0 Å². The molecule has 0 aliphatic carbocycles. The number of benzene rings is 1. The first kappa shape index (κ1) is 15.2. The molecule has 0 aliphatic rings. The second-order valence-corrected chi connectivity index (χ2v) is 5.63. The lowest BCUT2D eigenvalue weighted by Crippen LogP contribution is -2.30. The van der Waals surface area contributed by atoms with Gasteiger partial charge in [-0.1, -0.05) is 61.7 Å². The molecule has 0 spiro atoms. The average molecular weight is 364 g/mol. The van der Waals surface area contributed by atoms with Crippen LogP contribution in [0.4, 0.5) is 0 Å². The third-order valence-corrected chi connectivity index (χ3v) is 5.33. The summed E-state index contributed by atoms with van der Waals surface area (Å²) in [5.41, 5.74) is 2.88. The molecule has 1 aromatic carbocycles. The largest absolute Gasteiger partial charge is 0.385 e. The van der Waals surface area contributed by atoms with E-state index in [1.165, 1.54) is 11.1 Å². The summed E-state index contributed by atoms with van der Waals surface area (Å²) in [6.07, 6.45) is 2.21. The summed E-state index contributed by atoms with van der Waals surface area (Å²) in [5, 5.41) is 1.94. The fraction of sp³-hybridized carbons (Fsp3) is 0.571. The SMILES string of the molecule is COCCCC(CBr)(CBr)c1ccc(C)cc1. The smallest absolute Gasteiger partial charge is 0.0462 e. The Balaban J connectivity index is 2.85. The molecule has 0 aliphatic heterocycles. The molecule has 96 valence electrons. The van der Waals surface area contributed by atoms with Crippen molar-refractivity contribution in [2.45, 2.75) is 25.2 Å². The van der Waals surface area contributed by atoms with Crippen LogP contribution in [-0.2, 0) is 10.2 Å². The van der Waals surface area contributed by atoms with Crippen LogP contribution in [0.25, 0.3) is 0 Å². The number of rotatable bonds is 7. The molecule has 0 N–H and O–H groups in total. The zero-order chi connectivity index (χ0) is 12.7. The molecule has 3 heteroatoms. The summed E-state index contributed by atoms with van der Waals surface area (Å²) in [5.74, 6) is 0. The Hall–Kier alpha value is 0.140. The van der Waals surface area contributed by atoms with Gasteiger partial charge in [-0.15, -0.1) is 0 Å². The van der Waals surface area contributed by atoms with Gasteiger partial charge >= 0.3 is 0 Å². The van der Waals surface area contributed by atoms with Gasteiger partial charge in [0.25, 0.3) is 0 Å². The van der Waals surface area contributed by atoms with Crippen LogP contribution in [0.1, 0.15) is 24.0 Å². The van der Waals surface area contributed by atoms with E-state index in [-0.39, 0.29) is 5.41 Å². The van der Waals surface area contributed by atoms with Crippen LogP contribution >= 0.6 is 31.9 Å². The summed E-state index contributed by atoms with van der Waals surface area (Å²) in [4.78, 5) is 0. The standard InChI is InChI=1S/C14H20Br2O/c1-12-4-6-13(7-5-12)14(10-15,11-16)8-3-9-17-2/h4-7H,3,8-11H2,1-2H3. The topological polar surface area (TPSA) is 9.23 Å². The number of ether oxygens (including phenoxy) is 1. The molecule has 0 heterocycles. The monoisotopic (exact) mass is 362 g/mol. The van der Waals surface area contributed by atoms with Crippen molar-refractivity contribution in [3.8, 4) is 0 Å². The zero-order valence-electron chi connectivity index (χ0n) is 10.5. The molecular weight excluding hydrogens is 344 g/mol. The molecule has 0 unspecified atom stereocenters. The first-order valence-electron chi connectivity index (χ1n) is 5.86. The summed E-state index contributed by atoms with van der Waals surface area (Å²) in [6, 6.07) is 8.85. The van der Waals surface area contributed by atoms with E-state index in [4.69, 9.17) is 4.74 Å². The first-order valence-corrected chi connectivity index (χ1v) is 8.11. The van der Waals surface area contributed by atoms with Crippen LogP contribution in [0.5, 0.6) is 0 Å². The van der Waals surface area contributed by atoms with Crippen LogP contribution in [0, 0.1) is 6.92 Å². The van der Waals surface area contributed by atoms with E-state index in [9.17, 15) is 0 Å². The van der Waals surface area contributed by atoms with Crippen LogP contribution in [0.2, 0.25) is 0 Å². The summed E-state index contributed by atoms with van der Waals surface area (Å²) in [7, 11) is 1.76. The van der Waals surface area contributed by atoms with Crippen molar-refractivity contribution in [2.24, 2.45) is 0 Å². The van der Waals surface area contributed by atoms with Crippen molar-refractivity contribution in [3.63, 3.8) is 0 Å². The molecule has 17 heavy (non-hydrogen) atoms. The van der Waals surface area contributed by atoms with Gasteiger partial charge in [0.05, 0.1) is 0 Å². The number of hydrogen-bond acceptors (Lipinski definition) is 1. The number of methoxy groups -OCH3 is 1. The lowest BCUT2D eigenvalue weighted by Gasteiger charge is -2.31. The van der Waals surface area contributed by atoms with Gasteiger partial charge in [0, 0.05) is 29.8 Å². The second kappa shape index (κ2) is 7.55. The van der Waals surface area contributed by atoms with Gasteiger partial charge in [-0.05, 0) is 25.3 Å². The highest BCUT2D eigenvalue weighted by atomic mass is 79.9. The van der Waals surface area contributed by atoms with E-state index < -0.39 is 0 Å². The Morgan fingerprint density at radius 2 is 1.71 bits per heavy atom. The zero-order valence-corrected chi connectivity index (χ0v) is 13.7. The first-order chi connectivity index (χ1) is 8.18. The highest BCUT2D eigenvalue weighted by Crippen LogP contribution is 2.33. The van der Waals surface area contributed by atoms with E-state index in [0.717, 1.165) is 30.1 Å². The maximum atomic E-state index is 5.15. The van der Waals surface area contributed by atoms with Crippen molar-refractivity contribution < 1.29 is 4.74 Å². The number of aryl methyl sites for hydroxylation is 1. The molecule has 1 rings (SSSR count). The quantitative estimate of drug-likeness (QED) is 0.513. The van der Waals surface area contributed by atoms with Crippen LogP contribution in [0.3, 0.4) is 0 Å². The Morgan fingerprint density at radius 1 is 1.12 bits per heavy atom. The number of halogens is 2. The third-order valence-electron chi connectivity index (χ3n) is 3.18. The Morgan fingerprint density at radius 3 is 2.18 bits per heavy atom. The van der Waals surface area contributed by atoms with Crippen molar-refractivity contribution in [3.05, 3.63) is 35.4 Å². The lowest BCUT2D eigenvalue weighted by molar-refractivity contribution is 0.186. The molecule has 0 saturated heterocycles. The summed E-state index contributed by atoms with van der Waals surface area (Å²) >= 11 is 7.34. The Kier molecular flexibility index (Phi) is 6.75. The molecule has 0 bridgehead atoms. The molecule has 0 atom stereocenters. The van der Waals surface area contributed by atoms with Gasteiger partial charge in [-0.25, -0.2) is 0 Å². The minimum absolute atomic E-state index is 0.173. The Bertz CT molecular complexity index is 317. The normalized spacial score (nSPS) is 11.8. The maximum absolute atomic E-state index is 5.15. The minimum Gasteiger partial charge on any atom is -0.385 e. The average Bonchev–Trinajstić information content (AvgIpc) is 2.37.